The molecule has 0 aliphatic carbocycles. The van der Waals surface area contributed by atoms with E-state index in [0.717, 1.165) is 5.56 Å². The monoisotopic (exact) mass is 180 g/mol. The van der Waals surface area contributed by atoms with Gasteiger partial charge in [0.15, 0.2) is 11.6 Å². The van der Waals surface area contributed by atoms with Gasteiger partial charge in [0.2, 0.25) is 0 Å². The zero-order valence-electron chi connectivity index (χ0n) is 7.88. The van der Waals surface area contributed by atoms with Gasteiger partial charge in [0.25, 0.3) is 0 Å². The lowest BCUT2D eigenvalue weighted by molar-refractivity contribution is 0.321. The van der Waals surface area contributed by atoms with E-state index in [1.165, 1.54) is 6.07 Å². The molecule has 0 fully saturated rings. The van der Waals surface area contributed by atoms with Crippen molar-refractivity contribution in [3.05, 3.63) is 35.7 Å². The van der Waals surface area contributed by atoms with Crippen LogP contribution < -0.4 is 4.74 Å². The van der Waals surface area contributed by atoms with Gasteiger partial charge in [0, 0.05) is 0 Å². The number of hydrogen-bond donors (Lipinski definition) is 0. The van der Waals surface area contributed by atoms with Crippen LogP contribution in [0.3, 0.4) is 0 Å². The Balaban J connectivity index is 2.91. The van der Waals surface area contributed by atoms with E-state index in [9.17, 15) is 4.39 Å². The van der Waals surface area contributed by atoms with Crippen LogP contribution in [0.1, 0.15) is 19.4 Å². The number of allylic oxidation sites excluding steroid dienone is 1. The van der Waals surface area contributed by atoms with Gasteiger partial charge in [-0.1, -0.05) is 18.2 Å². The van der Waals surface area contributed by atoms with Crippen LogP contribution in [0, 0.1) is 5.82 Å². The Labute approximate surface area is 77.8 Å². The molecule has 0 saturated carbocycles. The van der Waals surface area contributed by atoms with Gasteiger partial charge < -0.3 is 4.74 Å². The van der Waals surface area contributed by atoms with Crippen LogP contribution in [0.5, 0.6) is 5.75 Å². The molecule has 0 N–H and O–H groups in total. The minimum Gasteiger partial charge on any atom is -0.491 e. The van der Waals surface area contributed by atoms with E-state index in [1.807, 2.05) is 32.1 Å². The molecule has 1 nitrogen and oxygen atoms in total. The molecule has 13 heavy (non-hydrogen) atoms. The summed E-state index contributed by atoms with van der Waals surface area (Å²) in [4.78, 5) is 0. The SMILES string of the molecule is CC=Cc1ccc(OCC)c(F)c1. The topological polar surface area (TPSA) is 9.23 Å². The van der Waals surface area contributed by atoms with E-state index in [2.05, 4.69) is 0 Å². The Morgan fingerprint density at radius 3 is 2.77 bits per heavy atom. The summed E-state index contributed by atoms with van der Waals surface area (Å²) < 4.78 is 18.3. The second-order valence-electron chi connectivity index (χ2n) is 2.62. The molecule has 70 valence electrons. The molecule has 1 rings (SSSR count). The van der Waals surface area contributed by atoms with Gasteiger partial charge in [-0.25, -0.2) is 4.39 Å². The Morgan fingerprint density at radius 1 is 1.46 bits per heavy atom. The number of benzene rings is 1. The van der Waals surface area contributed by atoms with Crippen molar-refractivity contribution in [1.29, 1.82) is 0 Å². The average Bonchev–Trinajstić information content (AvgIpc) is 2.10. The first kappa shape index (κ1) is 9.78. The molecule has 0 heterocycles. The predicted octanol–water partition coefficient (Wildman–Crippen LogP) is 3.26. The standard InChI is InChI=1S/C11H13FO/c1-3-5-9-6-7-11(13-4-2)10(12)8-9/h3,5-8H,4H2,1-2H3. The maximum Gasteiger partial charge on any atom is 0.165 e. The molecule has 0 aliphatic heterocycles. The second-order valence-corrected chi connectivity index (χ2v) is 2.62. The summed E-state index contributed by atoms with van der Waals surface area (Å²) in [5, 5.41) is 0. The van der Waals surface area contributed by atoms with E-state index >= 15 is 0 Å². The Kier molecular flexibility index (Phi) is 3.50. The third-order valence-electron chi connectivity index (χ3n) is 1.61. The van der Waals surface area contributed by atoms with Crippen molar-refractivity contribution in [3.63, 3.8) is 0 Å². The van der Waals surface area contributed by atoms with Crippen LogP contribution >= 0.6 is 0 Å². The van der Waals surface area contributed by atoms with Gasteiger partial charge in [-0.05, 0) is 31.5 Å². The van der Waals surface area contributed by atoms with Gasteiger partial charge in [0.05, 0.1) is 6.61 Å². The van der Waals surface area contributed by atoms with Crippen molar-refractivity contribution < 1.29 is 9.13 Å². The molecule has 0 bridgehead atoms. The molecule has 0 aromatic heterocycles. The molecule has 0 radical (unpaired) electrons. The largest absolute Gasteiger partial charge is 0.491 e. The molecular formula is C11H13FO. The zero-order valence-corrected chi connectivity index (χ0v) is 7.88. The summed E-state index contributed by atoms with van der Waals surface area (Å²) in [5.74, 6) is 0.00760. The van der Waals surface area contributed by atoms with E-state index in [4.69, 9.17) is 4.74 Å². The summed E-state index contributed by atoms with van der Waals surface area (Å²) in [6.07, 6.45) is 3.72. The van der Waals surface area contributed by atoms with E-state index in [0.29, 0.717) is 12.4 Å². The molecule has 0 saturated heterocycles. The van der Waals surface area contributed by atoms with Crippen LogP contribution in [0.15, 0.2) is 24.3 Å². The van der Waals surface area contributed by atoms with Gasteiger partial charge >= 0.3 is 0 Å². The van der Waals surface area contributed by atoms with Crippen LogP contribution in [0.2, 0.25) is 0 Å². The van der Waals surface area contributed by atoms with Crippen molar-refractivity contribution in [2.45, 2.75) is 13.8 Å². The first-order chi connectivity index (χ1) is 6.27. The lowest BCUT2D eigenvalue weighted by Gasteiger charge is -2.04. The first-order valence-electron chi connectivity index (χ1n) is 4.33. The van der Waals surface area contributed by atoms with Crippen molar-refractivity contribution in [2.75, 3.05) is 6.61 Å². The van der Waals surface area contributed by atoms with Crippen molar-refractivity contribution >= 4 is 6.08 Å². The molecule has 1 aromatic carbocycles. The van der Waals surface area contributed by atoms with Crippen LogP contribution in [0.25, 0.3) is 6.08 Å². The summed E-state index contributed by atoms with van der Waals surface area (Å²) in [6.45, 7) is 4.22. The van der Waals surface area contributed by atoms with Gasteiger partial charge in [-0.15, -0.1) is 0 Å². The van der Waals surface area contributed by atoms with Gasteiger partial charge in [-0.3, -0.25) is 0 Å². The fraction of sp³-hybridized carbons (Fsp3) is 0.273. The molecule has 0 unspecified atom stereocenters. The molecule has 2 heteroatoms. The first-order valence-corrected chi connectivity index (χ1v) is 4.33. The number of ether oxygens (including phenoxy) is 1. The highest BCUT2D eigenvalue weighted by Gasteiger charge is 2.01. The highest BCUT2D eigenvalue weighted by Crippen LogP contribution is 2.18. The smallest absolute Gasteiger partial charge is 0.165 e. The Hall–Kier alpha value is -1.31. The molecule has 0 atom stereocenters. The Morgan fingerprint density at radius 2 is 2.23 bits per heavy atom. The highest BCUT2D eigenvalue weighted by molar-refractivity contribution is 5.50. The minimum absolute atomic E-state index is 0.308. The number of rotatable bonds is 3. The summed E-state index contributed by atoms with van der Waals surface area (Å²) >= 11 is 0. The van der Waals surface area contributed by atoms with Gasteiger partial charge in [0.1, 0.15) is 0 Å². The van der Waals surface area contributed by atoms with E-state index in [-0.39, 0.29) is 5.82 Å². The molecule has 0 aliphatic rings. The van der Waals surface area contributed by atoms with Crippen molar-refractivity contribution in [2.24, 2.45) is 0 Å². The van der Waals surface area contributed by atoms with Gasteiger partial charge in [-0.2, -0.15) is 0 Å². The van der Waals surface area contributed by atoms with E-state index < -0.39 is 0 Å². The fourth-order valence-corrected chi connectivity index (χ4v) is 1.09. The summed E-state index contributed by atoms with van der Waals surface area (Å²) in [6, 6.07) is 4.94. The van der Waals surface area contributed by atoms with Crippen LogP contribution in [-0.4, -0.2) is 6.61 Å². The minimum atomic E-state index is -0.308. The third-order valence-corrected chi connectivity index (χ3v) is 1.61. The molecule has 0 amide bonds. The lowest BCUT2D eigenvalue weighted by atomic mass is 10.2. The average molecular weight is 180 g/mol. The summed E-state index contributed by atoms with van der Waals surface area (Å²) in [7, 11) is 0. The summed E-state index contributed by atoms with van der Waals surface area (Å²) in [5.41, 5.74) is 0.850. The van der Waals surface area contributed by atoms with Crippen molar-refractivity contribution in [1.82, 2.24) is 0 Å². The van der Waals surface area contributed by atoms with E-state index in [1.54, 1.807) is 6.07 Å². The predicted molar refractivity (Wildman–Crippen MR) is 52.3 cm³/mol. The zero-order chi connectivity index (χ0) is 9.68. The normalized spacial score (nSPS) is 10.7. The number of hydrogen-bond acceptors (Lipinski definition) is 1. The quantitative estimate of drug-likeness (QED) is 0.693. The van der Waals surface area contributed by atoms with Crippen molar-refractivity contribution in [3.8, 4) is 5.75 Å². The molecule has 1 aromatic rings. The maximum atomic E-state index is 13.2. The fourth-order valence-electron chi connectivity index (χ4n) is 1.09. The maximum absolute atomic E-state index is 13.2. The van der Waals surface area contributed by atoms with Crippen LogP contribution in [0.4, 0.5) is 4.39 Å². The second kappa shape index (κ2) is 4.65. The number of halogens is 1. The third kappa shape index (κ3) is 2.58. The molecular weight excluding hydrogens is 167 g/mol. The highest BCUT2D eigenvalue weighted by atomic mass is 19.1. The van der Waals surface area contributed by atoms with Crippen LogP contribution in [-0.2, 0) is 0 Å². The Bertz CT molecular complexity index is 305. The lowest BCUT2D eigenvalue weighted by Crippen LogP contribution is -1.94. The molecule has 0 spiro atoms.